The molecule has 21 heavy (non-hydrogen) atoms. The first-order valence-corrected chi connectivity index (χ1v) is 6.85. The summed E-state index contributed by atoms with van der Waals surface area (Å²) in [5, 5.41) is 3.67. The zero-order valence-electron chi connectivity index (χ0n) is 12.4. The van der Waals surface area contributed by atoms with E-state index in [-0.39, 0.29) is 5.91 Å². The molecule has 3 N–H and O–H groups in total. The van der Waals surface area contributed by atoms with Crippen LogP contribution in [0.3, 0.4) is 0 Å². The molecular formula is C15H21N3O3. The van der Waals surface area contributed by atoms with Gasteiger partial charge in [0.25, 0.3) is 5.91 Å². The van der Waals surface area contributed by atoms with E-state index in [1.165, 1.54) is 0 Å². The zero-order chi connectivity index (χ0) is 15.2. The maximum Gasteiger partial charge on any atom is 0.287 e. The Morgan fingerprint density at radius 3 is 2.95 bits per heavy atom. The molecular weight excluding hydrogens is 270 g/mol. The maximum absolute atomic E-state index is 12.0. The van der Waals surface area contributed by atoms with Crippen LogP contribution in [0.1, 0.15) is 10.6 Å². The van der Waals surface area contributed by atoms with Crippen LogP contribution in [0.15, 0.2) is 28.7 Å². The summed E-state index contributed by atoms with van der Waals surface area (Å²) in [5.74, 6) is 0.0834. The number of nitrogens with two attached hydrogens (primary N) is 1. The summed E-state index contributed by atoms with van der Waals surface area (Å²) in [6, 6.07) is 7.00. The van der Waals surface area contributed by atoms with Crippen LogP contribution in [0.2, 0.25) is 0 Å². The van der Waals surface area contributed by atoms with E-state index in [1.54, 1.807) is 31.4 Å². The van der Waals surface area contributed by atoms with E-state index in [1.807, 2.05) is 7.05 Å². The highest BCUT2D eigenvalue weighted by Crippen LogP contribution is 2.21. The first kappa shape index (κ1) is 15.3. The Bertz CT molecular complexity index is 609. The fourth-order valence-electron chi connectivity index (χ4n) is 1.98. The number of furan rings is 1. The first-order valence-electron chi connectivity index (χ1n) is 6.85. The summed E-state index contributed by atoms with van der Waals surface area (Å²) >= 11 is 0. The number of hydrogen-bond donors (Lipinski definition) is 2. The van der Waals surface area contributed by atoms with Crippen molar-refractivity contribution in [1.82, 2.24) is 10.2 Å². The Morgan fingerprint density at radius 2 is 2.19 bits per heavy atom. The van der Waals surface area contributed by atoms with Gasteiger partial charge in [-0.2, -0.15) is 0 Å². The third-order valence-corrected chi connectivity index (χ3v) is 3.22. The van der Waals surface area contributed by atoms with Crippen molar-refractivity contribution in [2.24, 2.45) is 0 Å². The molecule has 1 heterocycles. The molecule has 0 spiro atoms. The number of ether oxygens (including phenoxy) is 1. The van der Waals surface area contributed by atoms with Gasteiger partial charge in [-0.05, 0) is 31.3 Å². The Balaban J connectivity index is 1.87. The molecule has 0 saturated heterocycles. The molecule has 0 aliphatic carbocycles. The maximum atomic E-state index is 12.0. The number of hydrogen-bond acceptors (Lipinski definition) is 5. The van der Waals surface area contributed by atoms with Crippen molar-refractivity contribution in [3.8, 4) is 0 Å². The number of likely N-dealkylation sites (N-methyl/N-ethyl adjacent to an activating group) is 1. The third kappa shape index (κ3) is 4.21. The van der Waals surface area contributed by atoms with Crippen LogP contribution in [-0.2, 0) is 4.74 Å². The van der Waals surface area contributed by atoms with Gasteiger partial charge in [0.1, 0.15) is 5.58 Å². The standard InChI is InChI=1S/C15H21N3O3/c1-18(7-8-20-2)6-5-17-15(19)14-10-11-9-12(16)3-4-13(11)21-14/h3-4,9-10H,5-8,16H2,1-2H3,(H,17,19). The van der Waals surface area contributed by atoms with Gasteiger partial charge < -0.3 is 25.1 Å². The average Bonchev–Trinajstić information content (AvgIpc) is 2.88. The van der Waals surface area contributed by atoms with Gasteiger partial charge in [0.05, 0.1) is 6.61 Å². The van der Waals surface area contributed by atoms with E-state index in [9.17, 15) is 4.79 Å². The highest BCUT2D eigenvalue weighted by atomic mass is 16.5. The number of carbonyl (C=O) groups excluding carboxylic acids is 1. The van der Waals surface area contributed by atoms with Gasteiger partial charge in [-0.3, -0.25) is 4.79 Å². The quantitative estimate of drug-likeness (QED) is 0.752. The normalized spacial score (nSPS) is 11.2. The lowest BCUT2D eigenvalue weighted by molar-refractivity contribution is 0.0922. The van der Waals surface area contributed by atoms with E-state index in [0.717, 1.165) is 18.5 Å². The highest BCUT2D eigenvalue weighted by Gasteiger charge is 2.12. The third-order valence-electron chi connectivity index (χ3n) is 3.22. The van der Waals surface area contributed by atoms with Crippen molar-refractivity contribution in [2.75, 3.05) is 46.1 Å². The molecule has 1 aromatic carbocycles. The minimum absolute atomic E-state index is 0.218. The van der Waals surface area contributed by atoms with Gasteiger partial charge in [-0.1, -0.05) is 0 Å². The zero-order valence-corrected chi connectivity index (χ0v) is 12.4. The lowest BCUT2D eigenvalue weighted by Crippen LogP contribution is -2.34. The van der Waals surface area contributed by atoms with E-state index >= 15 is 0 Å². The Hall–Kier alpha value is -2.05. The molecule has 2 rings (SSSR count). The summed E-state index contributed by atoms with van der Waals surface area (Å²) < 4.78 is 10.5. The number of fused-ring (bicyclic) bond motifs is 1. The molecule has 0 aliphatic heterocycles. The lowest BCUT2D eigenvalue weighted by atomic mass is 10.2. The number of methoxy groups -OCH3 is 1. The van der Waals surface area contributed by atoms with Gasteiger partial charge in [0.2, 0.25) is 0 Å². The minimum atomic E-state index is -0.218. The van der Waals surface area contributed by atoms with Crippen LogP contribution in [0.25, 0.3) is 11.0 Å². The van der Waals surface area contributed by atoms with Crippen LogP contribution < -0.4 is 11.1 Å². The SMILES string of the molecule is COCCN(C)CCNC(=O)c1cc2cc(N)ccc2o1. The number of nitrogens with one attached hydrogen (secondary N) is 1. The molecule has 6 nitrogen and oxygen atoms in total. The van der Waals surface area contributed by atoms with Crippen molar-refractivity contribution in [1.29, 1.82) is 0 Å². The smallest absolute Gasteiger partial charge is 0.287 e. The predicted octanol–water partition coefficient (Wildman–Crippen LogP) is 1.32. The van der Waals surface area contributed by atoms with Gasteiger partial charge in [0, 0.05) is 37.8 Å². The Kier molecular flexibility index (Phi) is 5.19. The van der Waals surface area contributed by atoms with Gasteiger partial charge >= 0.3 is 0 Å². The van der Waals surface area contributed by atoms with Gasteiger partial charge in [-0.25, -0.2) is 0 Å². The molecule has 0 fully saturated rings. The van der Waals surface area contributed by atoms with Crippen LogP contribution in [0, 0.1) is 0 Å². The molecule has 1 amide bonds. The number of nitrogen functional groups attached to an aromatic ring is 1. The van der Waals surface area contributed by atoms with Crippen molar-refractivity contribution >= 4 is 22.6 Å². The molecule has 0 bridgehead atoms. The average molecular weight is 291 g/mol. The van der Waals surface area contributed by atoms with E-state index in [2.05, 4.69) is 10.2 Å². The number of amides is 1. The fraction of sp³-hybridized carbons (Fsp3) is 0.400. The largest absolute Gasteiger partial charge is 0.451 e. The molecule has 0 unspecified atom stereocenters. The van der Waals surface area contributed by atoms with Crippen molar-refractivity contribution in [2.45, 2.75) is 0 Å². The highest BCUT2D eigenvalue weighted by molar-refractivity contribution is 5.96. The number of anilines is 1. The number of nitrogens with zero attached hydrogens (tertiary/aromatic N) is 1. The van der Waals surface area contributed by atoms with E-state index in [4.69, 9.17) is 14.9 Å². The van der Waals surface area contributed by atoms with Crippen LogP contribution in [-0.4, -0.2) is 51.2 Å². The monoisotopic (exact) mass is 291 g/mol. The first-order chi connectivity index (χ1) is 10.1. The summed E-state index contributed by atoms with van der Waals surface area (Å²) in [5.41, 5.74) is 7.01. The Morgan fingerprint density at radius 1 is 1.38 bits per heavy atom. The van der Waals surface area contributed by atoms with Crippen LogP contribution in [0.5, 0.6) is 0 Å². The number of benzene rings is 1. The second-order valence-electron chi connectivity index (χ2n) is 4.96. The number of carbonyl (C=O) groups is 1. The number of rotatable bonds is 7. The second kappa shape index (κ2) is 7.10. The van der Waals surface area contributed by atoms with E-state index in [0.29, 0.717) is 30.2 Å². The molecule has 2 aromatic rings. The minimum Gasteiger partial charge on any atom is -0.451 e. The van der Waals surface area contributed by atoms with Crippen LogP contribution in [0.4, 0.5) is 5.69 Å². The molecule has 0 radical (unpaired) electrons. The summed E-state index contributed by atoms with van der Waals surface area (Å²) in [6.07, 6.45) is 0. The fourth-order valence-corrected chi connectivity index (χ4v) is 1.98. The second-order valence-corrected chi connectivity index (χ2v) is 4.96. The van der Waals surface area contributed by atoms with Crippen molar-refractivity contribution in [3.05, 3.63) is 30.0 Å². The summed E-state index contributed by atoms with van der Waals surface area (Å²) in [6.45, 7) is 2.81. The molecule has 0 atom stereocenters. The van der Waals surface area contributed by atoms with Gasteiger partial charge in [0.15, 0.2) is 5.76 Å². The topological polar surface area (TPSA) is 80.7 Å². The molecule has 0 saturated carbocycles. The Labute approximate surface area is 123 Å². The van der Waals surface area contributed by atoms with Crippen molar-refractivity contribution < 1.29 is 13.9 Å². The molecule has 6 heteroatoms. The lowest BCUT2D eigenvalue weighted by Gasteiger charge is -2.15. The molecule has 1 aromatic heterocycles. The van der Waals surface area contributed by atoms with Gasteiger partial charge in [-0.15, -0.1) is 0 Å². The summed E-state index contributed by atoms with van der Waals surface area (Å²) in [4.78, 5) is 14.1. The molecule has 114 valence electrons. The van der Waals surface area contributed by atoms with E-state index < -0.39 is 0 Å². The predicted molar refractivity (Wildman–Crippen MR) is 82.3 cm³/mol. The van der Waals surface area contributed by atoms with Crippen LogP contribution >= 0.6 is 0 Å². The van der Waals surface area contributed by atoms with Crippen molar-refractivity contribution in [3.63, 3.8) is 0 Å². The summed E-state index contributed by atoms with van der Waals surface area (Å²) in [7, 11) is 3.65. The molecule has 0 aliphatic rings.